The molecule has 0 saturated heterocycles. The quantitative estimate of drug-likeness (QED) is 0.0461. The van der Waals surface area contributed by atoms with E-state index >= 15 is 0 Å². The molecule has 0 nitrogen and oxygen atoms in total. The van der Waals surface area contributed by atoms with Crippen molar-refractivity contribution in [1.82, 2.24) is 0 Å². The maximum Gasteiger partial charge on any atom is 0.126 e. The Labute approximate surface area is 525 Å². The molecule has 9 rings (SSSR count). The van der Waals surface area contributed by atoms with Crippen LogP contribution in [0.3, 0.4) is 0 Å². The normalized spacial score (nSPS) is 26.7. The van der Waals surface area contributed by atoms with Gasteiger partial charge in [-0.1, -0.05) is 286 Å². The third kappa shape index (κ3) is 21.7. The van der Waals surface area contributed by atoms with Gasteiger partial charge >= 0.3 is 0 Å². The highest BCUT2D eigenvalue weighted by atomic mass is 19.2. The van der Waals surface area contributed by atoms with Crippen LogP contribution in [0.15, 0.2) is 128 Å². The lowest BCUT2D eigenvalue weighted by Gasteiger charge is -2.43. The van der Waals surface area contributed by atoms with Gasteiger partial charge in [0.1, 0.15) is 34.9 Å². The van der Waals surface area contributed by atoms with Crippen molar-refractivity contribution in [2.75, 3.05) is 0 Å². The molecule has 6 heteroatoms. The summed E-state index contributed by atoms with van der Waals surface area (Å²) in [5, 5.41) is 0. The molecule has 0 heterocycles. The molecular weight excluding hydrogens is 1090 g/mol. The molecule has 480 valence electrons. The first kappa shape index (κ1) is 70.1. The molecule has 0 amide bonds. The van der Waals surface area contributed by atoms with Crippen molar-refractivity contribution in [3.63, 3.8) is 0 Å². The van der Waals surface area contributed by atoms with Crippen LogP contribution in [-0.2, 0) is 16.2 Å². The number of allylic oxidation sites excluding steroid dienone is 12. The number of unbranched alkanes of at least 4 members (excludes halogenated alkanes) is 18. The Morgan fingerprint density at radius 2 is 0.494 bits per heavy atom. The van der Waals surface area contributed by atoms with Gasteiger partial charge in [0.25, 0.3) is 0 Å². The van der Waals surface area contributed by atoms with Gasteiger partial charge in [0.15, 0.2) is 0 Å². The first-order valence-electron chi connectivity index (χ1n) is 35.8. The van der Waals surface area contributed by atoms with Gasteiger partial charge in [-0.05, 0) is 146 Å². The van der Waals surface area contributed by atoms with Crippen LogP contribution in [0.2, 0.25) is 0 Å². The largest absolute Gasteiger partial charge is 0.207 e. The van der Waals surface area contributed by atoms with Crippen LogP contribution >= 0.6 is 0 Å². The van der Waals surface area contributed by atoms with E-state index in [1.807, 2.05) is 0 Å². The second kappa shape index (κ2) is 37.7. The summed E-state index contributed by atoms with van der Waals surface area (Å²) in [5.41, 5.74) is 1.69. The summed E-state index contributed by atoms with van der Waals surface area (Å²) >= 11 is 0. The fraction of sp³-hybridized carbons (Fsp3) is 0.630. The van der Waals surface area contributed by atoms with Crippen molar-refractivity contribution in [2.45, 2.75) is 287 Å². The highest BCUT2D eigenvalue weighted by molar-refractivity contribution is 5.40. The number of hydrogen-bond acceptors (Lipinski definition) is 0. The Balaban J connectivity index is 0.000000187. The van der Waals surface area contributed by atoms with E-state index in [1.54, 1.807) is 36.4 Å². The smallest absolute Gasteiger partial charge is 0.126 e. The van der Waals surface area contributed by atoms with E-state index in [0.29, 0.717) is 17.8 Å². The standard InChI is InChI=1S/C28H40F2.C27H38F2.C26H36F2/c1-2-3-4-5-6-7-8-10-13-23-14-16-24(17-15-23)28(18-11-9-12-19-28)25-20-26(29)22-27(30)21-25;1-2-3-4-5-6-7-9-12-22-13-15-23(16-14-22)27(17-10-8-11-18-27)24-19-25(28)21-26(29)20-24;1-2-3-4-5-6-8-11-21-12-14-22(15-13-21)26(16-9-7-10-17-26)23-18-24(27)20-25(28)19-23/h9,11-12,18,20-24H,2-8,10,13-17,19H2,1H3;8,10-11,17,19-23H,2-7,9,12-16,18H2,1H3;7,9-10,16,18-22H,2-6,8,11-15,17H2,1H3. The summed E-state index contributed by atoms with van der Waals surface area (Å²) in [4.78, 5) is 0. The van der Waals surface area contributed by atoms with Gasteiger partial charge in [-0.2, -0.15) is 0 Å². The molecule has 3 saturated carbocycles. The third-order valence-corrected chi connectivity index (χ3v) is 21.9. The van der Waals surface area contributed by atoms with Crippen LogP contribution in [-0.4, -0.2) is 0 Å². The molecule has 6 aliphatic rings. The van der Waals surface area contributed by atoms with Gasteiger partial charge in [-0.3, -0.25) is 0 Å². The molecule has 0 aromatic heterocycles. The molecule has 87 heavy (non-hydrogen) atoms. The zero-order chi connectivity index (χ0) is 61.6. The van der Waals surface area contributed by atoms with Crippen molar-refractivity contribution >= 4 is 0 Å². The number of hydrogen-bond donors (Lipinski definition) is 0. The van der Waals surface area contributed by atoms with Crippen LogP contribution in [0.25, 0.3) is 0 Å². The third-order valence-electron chi connectivity index (χ3n) is 21.9. The first-order chi connectivity index (χ1) is 42.4. The van der Waals surface area contributed by atoms with Crippen molar-refractivity contribution in [2.24, 2.45) is 35.5 Å². The molecule has 3 atom stereocenters. The van der Waals surface area contributed by atoms with E-state index in [9.17, 15) is 26.3 Å². The molecule has 3 aromatic rings. The Morgan fingerprint density at radius 1 is 0.276 bits per heavy atom. The van der Waals surface area contributed by atoms with Crippen molar-refractivity contribution in [3.8, 4) is 0 Å². The summed E-state index contributed by atoms with van der Waals surface area (Å²) in [6.45, 7) is 6.81. The molecule has 0 aliphatic heterocycles. The lowest BCUT2D eigenvalue weighted by Crippen LogP contribution is -2.36. The minimum absolute atomic E-state index is 0.247. The molecule has 6 aliphatic carbocycles. The van der Waals surface area contributed by atoms with E-state index in [-0.39, 0.29) is 16.2 Å². The average molecular weight is 1200 g/mol. The van der Waals surface area contributed by atoms with Crippen molar-refractivity contribution < 1.29 is 26.3 Å². The molecule has 0 N–H and O–H groups in total. The van der Waals surface area contributed by atoms with Crippen LogP contribution in [0.5, 0.6) is 0 Å². The fourth-order valence-corrected chi connectivity index (χ4v) is 16.7. The summed E-state index contributed by atoms with van der Waals surface area (Å²) < 4.78 is 83.8. The summed E-state index contributed by atoms with van der Waals surface area (Å²) in [6.07, 6.45) is 75.5. The average Bonchev–Trinajstić information content (AvgIpc) is 1.07. The summed E-state index contributed by atoms with van der Waals surface area (Å²) in [7, 11) is 0. The van der Waals surface area contributed by atoms with Gasteiger partial charge < -0.3 is 0 Å². The fourth-order valence-electron chi connectivity index (χ4n) is 16.7. The molecule has 0 radical (unpaired) electrons. The SMILES string of the molecule is CCCCCCCCC1CCC(C2(c3cc(F)cc(F)c3)C=CC=CC2)CC1.CCCCCCCCCC1CCC(C2(c3cc(F)cc(F)c3)C=CC=CC2)CC1.CCCCCCCCCCC1CCC(C2(c3cc(F)cc(F)c3)C=CC=CC2)CC1. The topological polar surface area (TPSA) is 0 Å². The minimum atomic E-state index is -0.464. The Hall–Kier alpha value is -4.32. The van der Waals surface area contributed by atoms with E-state index in [1.165, 1.54) is 193 Å². The number of rotatable bonds is 30. The second-order valence-electron chi connectivity index (χ2n) is 28.0. The van der Waals surface area contributed by atoms with Crippen LogP contribution in [0, 0.1) is 70.4 Å². The van der Waals surface area contributed by atoms with Crippen LogP contribution < -0.4 is 0 Å². The van der Waals surface area contributed by atoms with E-state index in [2.05, 4.69) is 93.7 Å². The van der Waals surface area contributed by atoms with E-state index in [0.717, 1.165) is 110 Å². The molecule has 3 unspecified atom stereocenters. The van der Waals surface area contributed by atoms with Gasteiger partial charge in [0, 0.05) is 34.4 Å². The van der Waals surface area contributed by atoms with E-state index < -0.39 is 34.9 Å². The molecule has 0 bridgehead atoms. The zero-order valence-electron chi connectivity index (χ0n) is 54.4. The van der Waals surface area contributed by atoms with Gasteiger partial charge in [0.2, 0.25) is 0 Å². The highest BCUT2D eigenvalue weighted by Gasteiger charge is 2.43. The first-order valence-corrected chi connectivity index (χ1v) is 35.8. The number of benzene rings is 3. The maximum absolute atomic E-state index is 14.0. The van der Waals surface area contributed by atoms with Gasteiger partial charge in [0.05, 0.1) is 0 Å². The van der Waals surface area contributed by atoms with Crippen molar-refractivity contribution in [3.05, 3.63) is 179 Å². The predicted octanol–water partition coefficient (Wildman–Crippen LogP) is 26.0. The van der Waals surface area contributed by atoms with Crippen molar-refractivity contribution in [1.29, 1.82) is 0 Å². The van der Waals surface area contributed by atoms with Crippen LogP contribution in [0.1, 0.15) is 288 Å². The monoisotopic (exact) mass is 1200 g/mol. The van der Waals surface area contributed by atoms with E-state index in [4.69, 9.17) is 0 Å². The molecule has 3 fully saturated rings. The number of halogens is 6. The summed E-state index contributed by atoms with van der Waals surface area (Å²) in [6, 6.07) is 12.3. The molecule has 3 aromatic carbocycles. The van der Waals surface area contributed by atoms with Crippen LogP contribution in [0.4, 0.5) is 26.3 Å². The second-order valence-corrected chi connectivity index (χ2v) is 28.0. The predicted molar refractivity (Wildman–Crippen MR) is 357 cm³/mol. The lowest BCUT2D eigenvalue weighted by atomic mass is 9.61. The highest BCUT2D eigenvalue weighted by Crippen LogP contribution is 2.51. The minimum Gasteiger partial charge on any atom is -0.207 e. The molecular formula is C81H114F6. The Bertz CT molecular complexity index is 2550. The van der Waals surface area contributed by atoms with Gasteiger partial charge in [-0.15, -0.1) is 0 Å². The maximum atomic E-state index is 14.0. The zero-order valence-corrected chi connectivity index (χ0v) is 54.4. The lowest BCUT2D eigenvalue weighted by molar-refractivity contribution is 0.192. The molecule has 0 spiro atoms. The van der Waals surface area contributed by atoms with Gasteiger partial charge in [-0.25, -0.2) is 26.3 Å². The Kier molecular flexibility index (Phi) is 30.4. The Morgan fingerprint density at radius 3 is 0.701 bits per heavy atom. The summed E-state index contributed by atoms with van der Waals surface area (Å²) in [5.74, 6) is 1.14.